The molecule has 25 heavy (non-hydrogen) atoms. The summed E-state index contributed by atoms with van der Waals surface area (Å²) < 4.78 is 0. The van der Waals surface area contributed by atoms with E-state index >= 15 is 0 Å². The van der Waals surface area contributed by atoms with Crippen molar-refractivity contribution in [1.82, 2.24) is 15.0 Å². The summed E-state index contributed by atoms with van der Waals surface area (Å²) >= 11 is 0. The number of hydrogen-bond donors (Lipinski definition) is 1. The van der Waals surface area contributed by atoms with Crippen molar-refractivity contribution in [3.8, 4) is 0 Å². The van der Waals surface area contributed by atoms with Crippen LogP contribution in [0.25, 0.3) is 54.4 Å². The molecule has 4 aromatic carbocycles. The van der Waals surface area contributed by atoms with E-state index in [1.807, 2.05) is 0 Å². The largest absolute Gasteiger partial charge is 0.354 e. The van der Waals surface area contributed by atoms with Crippen molar-refractivity contribution >= 4 is 54.4 Å². The quantitative estimate of drug-likeness (QED) is 0.372. The number of rotatable bonds is 0. The van der Waals surface area contributed by atoms with Gasteiger partial charge in [-0.1, -0.05) is 54.6 Å². The first-order valence-corrected chi connectivity index (χ1v) is 8.36. The monoisotopic (exact) mass is 319 g/mol. The van der Waals surface area contributed by atoms with Crippen LogP contribution in [0.2, 0.25) is 0 Å². The molecule has 2 aromatic heterocycles. The van der Waals surface area contributed by atoms with Crippen LogP contribution in [0.4, 0.5) is 0 Å². The van der Waals surface area contributed by atoms with Crippen molar-refractivity contribution < 1.29 is 0 Å². The Morgan fingerprint density at radius 3 is 2.04 bits per heavy atom. The second-order valence-electron chi connectivity index (χ2n) is 6.38. The lowest BCUT2D eigenvalue weighted by Gasteiger charge is -2.09. The number of nitrogens with zero attached hydrogens (tertiary/aromatic N) is 2. The molecule has 0 aliphatic rings. The summed E-state index contributed by atoms with van der Waals surface area (Å²) in [6.07, 6.45) is 3.54. The van der Waals surface area contributed by atoms with Crippen LogP contribution in [0.5, 0.6) is 0 Å². The van der Waals surface area contributed by atoms with Crippen molar-refractivity contribution in [2.24, 2.45) is 0 Å². The van der Waals surface area contributed by atoms with Gasteiger partial charge in [-0.25, -0.2) is 0 Å². The molecule has 0 saturated carbocycles. The third kappa shape index (κ3) is 1.59. The van der Waals surface area contributed by atoms with E-state index in [0.29, 0.717) is 0 Å². The van der Waals surface area contributed by atoms with Gasteiger partial charge in [0.1, 0.15) is 0 Å². The Labute approximate surface area is 142 Å². The third-order valence-electron chi connectivity index (χ3n) is 5.09. The minimum Gasteiger partial charge on any atom is -0.354 e. The van der Waals surface area contributed by atoms with E-state index in [1.54, 1.807) is 12.4 Å². The first kappa shape index (κ1) is 12.9. The highest BCUT2D eigenvalue weighted by Crippen LogP contribution is 2.38. The Kier molecular flexibility index (Phi) is 2.35. The van der Waals surface area contributed by atoms with Gasteiger partial charge in [0.05, 0.1) is 16.6 Å². The lowest BCUT2D eigenvalue weighted by atomic mass is 9.97. The second-order valence-corrected chi connectivity index (χ2v) is 6.38. The predicted molar refractivity (Wildman–Crippen MR) is 104 cm³/mol. The number of aromatic nitrogens is 3. The van der Waals surface area contributed by atoms with Crippen molar-refractivity contribution in [1.29, 1.82) is 0 Å². The molecule has 0 spiro atoms. The van der Waals surface area contributed by atoms with Crippen molar-refractivity contribution in [2.75, 3.05) is 0 Å². The molecule has 6 aromatic rings. The molecule has 1 N–H and O–H groups in total. The molecule has 0 saturated heterocycles. The first-order valence-electron chi connectivity index (χ1n) is 8.36. The molecule has 0 atom stereocenters. The molecular formula is C22H13N3. The standard InChI is InChI=1S/C22H13N3/c1-2-7-15-14(6-1)19-17(22-21(15)23-11-12-24-22)10-9-16-13-5-3-4-8-18(13)25-20(16)19/h1-12,25H. The van der Waals surface area contributed by atoms with E-state index < -0.39 is 0 Å². The van der Waals surface area contributed by atoms with E-state index in [9.17, 15) is 0 Å². The predicted octanol–water partition coefficient (Wildman–Crippen LogP) is 5.57. The lowest BCUT2D eigenvalue weighted by molar-refractivity contribution is 1.31. The van der Waals surface area contributed by atoms with Gasteiger partial charge in [-0.2, -0.15) is 0 Å². The summed E-state index contributed by atoms with van der Waals surface area (Å²) in [4.78, 5) is 12.9. The zero-order valence-corrected chi connectivity index (χ0v) is 13.3. The molecule has 0 radical (unpaired) electrons. The topological polar surface area (TPSA) is 41.6 Å². The minimum absolute atomic E-state index is 0.955. The molecule has 0 fully saturated rings. The van der Waals surface area contributed by atoms with Gasteiger partial charge in [-0.15, -0.1) is 0 Å². The highest BCUT2D eigenvalue weighted by Gasteiger charge is 2.14. The minimum atomic E-state index is 0.955. The Balaban J connectivity index is 2.02. The Bertz CT molecular complexity index is 1410. The molecule has 2 heterocycles. The number of fused-ring (bicyclic) bond motifs is 10. The summed E-state index contributed by atoms with van der Waals surface area (Å²) in [5, 5.41) is 7.21. The Morgan fingerprint density at radius 2 is 1.20 bits per heavy atom. The number of para-hydroxylation sites is 1. The molecule has 0 aliphatic heterocycles. The maximum absolute atomic E-state index is 4.64. The SMILES string of the molecule is c1ccc2c(c1)[nH]c1c2ccc2c3nccnc3c3ccccc3c21. The van der Waals surface area contributed by atoms with Crippen LogP contribution in [-0.4, -0.2) is 15.0 Å². The summed E-state index contributed by atoms with van der Waals surface area (Å²) in [5.74, 6) is 0. The van der Waals surface area contributed by atoms with E-state index in [2.05, 4.69) is 75.6 Å². The van der Waals surface area contributed by atoms with Crippen LogP contribution < -0.4 is 0 Å². The van der Waals surface area contributed by atoms with Gasteiger partial charge in [-0.3, -0.25) is 9.97 Å². The van der Waals surface area contributed by atoms with Crippen LogP contribution in [0.15, 0.2) is 73.1 Å². The van der Waals surface area contributed by atoms with Gasteiger partial charge in [0.25, 0.3) is 0 Å². The fourth-order valence-corrected chi connectivity index (χ4v) is 4.04. The normalized spacial score (nSPS) is 12.0. The zero-order valence-electron chi connectivity index (χ0n) is 13.3. The van der Waals surface area contributed by atoms with Gasteiger partial charge in [0.2, 0.25) is 0 Å². The number of benzene rings is 4. The number of aromatic amines is 1. The summed E-state index contributed by atoms with van der Waals surface area (Å²) in [6, 6.07) is 21.3. The van der Waals surface area contributed by atoms with Crippen LogP contribution in [0.3, 0.4) is 0 Å². The van der Waals surface area contributed by atoms with Gasteiger partial charge in [0.15, 0.2) is 0 Å². The smallest absolute Gasteiger partial charge is 0.0972 e. The highest BCUT2D eigenvalue weighted by molar-refractivity contribution is 6.31. The second kappa shape index (κ2) is 4.54. The van der Waals surface area contributed by atoms with Crippen molar-refractivity contribution in [2.45, 2.75) is 0 Å². The van der Waals surface area contributed by atoms with Crippen molar-refractivity contribution in [3.05, 3.63) is 73.1 Å². The maximum atomic E-state index is 4.64. The van der Waals surface area contributed by atoms with Crippen LogP contribution in [0, 0.1) is 0 Å². The highest BCUT2D eigenvalue weighted by atomic mass is 14.8. The van der Waals surface area contributed by atoms with E-state index in [-0.39, 0.29) is 0 Å². The Morgan fingerprint density at radius 1 is 0.560 bits per heavy atom. The van der Waals surface area contributed by atoms with Gasteiger partial charge < -0.3 is 4.98 Å². The number of H-pyrrole nitrogens is 1. The molecule has 3 heteroatoms. The number of nitrogens with one attached hydrogen (secondary N) is 1. The van der Waals surface area contributed by atoms with Gasteiger partial charge in [0, 0.05) is 44.8 Å². The average Bonchev–Trinajstić information content (AvgIpc) is 3.06. The zero-order chi connectivity index (χ0) is 16.4. The Hall–Kier alpha value is -3.46. The van der Waals surface area contributed by atoms with E-state index in [1.165, 1.54) is 27.1 Å². The molecule has 3 nitrogen and oxygen atoms in total. The first-order chi connectivity index (χ1) is 12.4. The van der Waals surface area contributed by atoms with E-state index in [4.69, 9.17) is 0 Å². The molecule has 0 amide bonds. The summed E-state index contributed by atoms with van der Waals surface area (Å²) in [5.41, 5.74) is 4.24. The van der Waals surface area contributed by atoms with Crippen molar-refractivity contribution in [3.63, 3.8) is 0 Å². The molecule has 6 rings (SSSR count). The molecular weight excluding hydrogens is 306 g/mol. The molecule has 0 unspecified atom stereocenters. The third-order valence-corrected chi connectivity index (χ3v) is 5.09. The molecule has 116 valence electrons. The average molecular weight is 319 g/mol. The van der Waals surface area contributed by atoms with Crippen LogP contribution in [0.1, 0.15) is 0 Å². The van der Waals surface area contributed by atoms with Crippen LogP contribution in [-0.2, 0) is 0 Å². The maximum Gasteiger partial charge on any atom is 0.0972 e. The van der Waals surface area contributed by atoms with E-state index in [0.717, 1.165) is 27.3 Å². The van der Waals surface area contributed by atoms with Crippen LogP contribution >= 0.6 is 0 Å². The van der Waals surface area contributed by atoms with Gasteiger partial charge in [-0.05, 0) is 11.5 Å². The number of hydrogen-bond acceptors (Lipinski definition) is 2. The molecule has 0 bridgehead atoms. The van der Waals surface area contributed by atoms with Gasteiger partial charge >= 0.3 is 0 Å². The summed E-state index contributed by atoms with van der Waals surface area (Å²) in [6.45, 7) is 0. The molecule has 0 aliphatic carbocycles. The fraction of sp³-hybridized carbons (Fsp3) is 0. The summed E-state index contributed by atoms with van der Waals surface area (Å²) in [7, 11) is 0. The lowest BCUT2D eigenvalue weighted by Crippen LogP contribution is -1.88. The fourth-order valence-electron chi connectivity index (χ4n) is 4.04.